The van der Waals surface area contributed by atoms with Crippen molar-refractivity contribution < 1.29 is 13.2 Å². The van der Waals surface area contributed by atoms with Crippen molar-refractivity contribution in [2.24, 2.45) is 0 Å². The van der Waals surface area contributed by atoms with Crippen LogP contribution in [0.2, 0.25) is 10.0 Å². The molecule has 0 nitrogen and oxygen atoms in total. The Labute approximate surface area is 124 Å². The fourth-order valence-corrected chi connectivity index (χ4v) is 2.06. The van der Waals surface area contributed by atoms with Crippen molar-refractivity contribution in [2.45, 2.75) is 6.18 Å². The minimum atomic E-state index is -4.51. The Kier molecular flexibility index (Phi) is 3.99. The number of hydrogen-bond donors (Lipinski definition) is 0. The van der Waals surface area contributed by atoms with E-state index in [-0.39, 0.29) is 10.6 Å². The second kappa shape index (κ2) is 5.40. The molecule has 0 aromatic heterocycles. The highest BCUT2D eigenvalue weighted by molar-refractivity contribution is 6.42. The SMILES string of the molecule is C#Cc1ccc(-c2ccc(Cl)c(Cl)c2)cc1C(F)(F)F. The number of halogens is 5. The van der Waals surface area contributed by atoms with Crippen LogP contribution in [0.3, 0.4) is 0 Å². The Morgan fingerprint density at radius 1 is 0.900 bits per heavy atom. The molecule has 0 saturated carbocycles. The van der Waals surface area contributed by atoms with Gasteiger partial charge in [0.1, 0.15) is 0 Å². The van der Waals surface area contributed by atoms with E-state index in [2.05, 4.69) is 0 Å². The summed E-state index contributed by atoms with van der Waals surface area (Å²) in [5.74, 6) is 2.03. The first-order valence-corrected chi connectivity index (χ1v) is 6.22. The molecule has 0 aliphatic carbocycles. The van der Waals surface area contributed by atoms with Crippen molar-refractivity contribution in [1.29, 1.82) is 0 Å². The van der Waals surface area contributed by atoms with Gasteiger partial charge in [-0.2, -0.15) is 13.2 Å². The molecule has 2 aromatic carbocycles. The van der Waals surface area contributed by atoms with Crippen molar-refractivity contribution in [1.82, 2.24) is 0 Å². The zero-order valence-electron chi connectivity index (χ0n) is 9.93. The smallest absolute Gasteiger partial charge is 0.166 e. The summed E-state index contributed by atoms with van der Waals surface area (Å²) < 4.78 is 38.8. The molecule has 0 spiro atoms. The third kappa shape index (κ3) is 2.92. The summed E-state index contributed by atoms with van der Waals surface area (Å²) >= 11 is 11.6. The van der Waals surface area contributed by atoms with E-state index in [1.165, 1.54) is 24.3 Å². The molecule has 0 N–H and O–H groups in total. The number of benzene rings is 2. The molecule has 20 heavy (non-hydrogen) atoms. The Balaban J connectivity index is 2.59. The molecule has 0 saturated heterocycles. The maximum Gasteiger partial charge on any atom is 0.417 e. The lowest BCUT2D eigenvalue weighted by Gasteiger charge is -2.12. The average Bonchev–Trinajstić information content (AvgIpc) is 2.40. The first-order chi connectivity index (χ1) is 9.32. The molecular formula is C15H7Cl2F3. The topological polar surface area (TPSA) is 0 Å². The van der Waals surface area contributed by atoms with Crippen LogP contribution >= 0.6 is 23.2 Å². The van der Waals surface area contributed by atoms with E-state index in [0.717, 1.165) is 6.07 Å². The first kappa shape index (κ1) is 14.8. The minimum Gasteiger partial charge on any atom is -0.166 e. The van der Waals surface area contributed by atoms with Crippen molar-refractivity contribution in [3.05, 3.63) is 57.6 Å². The summed E-state index contributed by atoms with van der Waals surface area (Å²) in [5.41, 5.74) is -0.131. The Morgan fingerprint density at radius 2 is 1.50 bits per heavy atom. The van der Waals surface area contributed by atoms with Crippen LogP contribution in [0, 0.1) is 12.3 Å². The fourth-order valence-electron chi connectivity index (χ4n) is 1.76. The molecule has 0 radical (unpaired) electrons. The second-order valence-electron chi connectivity index (χ2n) is 4.03. The van der Waals surface area contributed by atoms with E-state index in [9.17, 15) is 13.2 Å². The van der Waals surface area contributed by atoms with Gasteiger partial charge < -0.3 is 0 Å². The highest BCUT2D eigenvalue weighted by Gasteiger charge is 2.33. The largest absolute Gasteiger partial charge is 0.417 e. The molecule has 2 rings (SSSR count). The number of rotatable bonds is 1. The van der Waals surface area contributed by atoms with Crippen LogP contribution < -0.4 is 0 Å². The highest BCUT2D eigenvalue weighted by Crippen LogP contribution is 2.36. The molecule has 2 aromatic rings. The van der Waals surface area contributed by atoms with E-state index < -0.39 is 11.7 Å². The van der Waals surface area contributed by atoms with E-state index in [4.69, 9.17) is 29.6 Å². The van der Waals surface area contributed by atoms with Crippen molar-refractivity contribution in [3.8, 4) is 23.5 Å². The third-order valence-electron chi connectivity index (χ3n) is 2.73. The quantitative estimate of drug-likeness (QED) is 0.596. The number of alkyl halides is 3. The normalized spacial score (nSPS) is 11.2. The van der Waals surface area contributed by atoms with Gasteiger partial charge in [-0.15, -0.1) is 6.42 Å². The molecule has 0 heterocycles. The van der Waals surface area contributed by atoms with Gasteiger partial charge in [0, 0.05) is 5.56 Å². The van der Waals surface area contributed by atoms with Gasteiger partial charge in [-0.1, -0.05) is 41.3 Å². The summed E-state index contributed by atoms with van der Waals surface area (Å²) in [5, 5.41) is 0.616. The zero-order valence-corrected chi connectivity index (χ0v) is 11.4. The number of terminal acetylenes is 1. The highest BCUT2D eigenvalue weighted by atomic mass is 35.5. The lowest BCUT2D eigenvalue weighted by atomic mass is 9.99. The minimum absolute atomic E-state index is 0.193. The second-order valence-corrected chi connectivity index (χ2v) is 4.85. The van der Waals surface area contributed by atoms with Crippen LogP contribution in [0.1, 0.15) is 11.1 Å². The molecule has 0 unspecified atom stereocenters. The maximum absolute atomic E-state index is 12.9. The van der Waals surface area contributed by atoms with Crippen LogP contribution in [-0.4, -0.2) is 0 Å². The molecule has 102 valence electrons. The van der Waals surface area contributed by atoms with Crippen LogP contribution in [0.4, 0.5) is 13.2 Å². The molecule has 5 heteroatoms. The van der Waals surface area contributed by atoms with Gasteiger partial charge in [-0.25, -0.2) is 0 Å². The lowest BCUT2D eigenvalue weighted by Crippen LogP contribution is -2.07. The predicted molar refractivity (Wildman–Crippen MR) is 74.8 cm³/mol. The van der Waals surface area contributed by atoms with E-state index in [0.29, 0.717) is 16.1 Å². The molecular weight excluding hydrogens is 308 g/mol. The van der Waals surface area contributed by atoms with E-state index in [1.807, 2.05) is 5.92 Å². The van der Waals surface area contributed by atoms with Gasteiger partial charge in [0.05, 0.1) is 15.6 Å². The van der Waals surface area contributed by atoms with Crippen molar-refractivity contribution >= 4 is 23.2 Å². The summed E-state index contributed by atoms with van der Waals surface area (Å²) in [6.45, 7) is 0. The lowest BCUT2D eigenvalue weighted by molar-refractivity contribution is -0.137. The summed E-state index contributed by atoms with van der Waals surface area (Å²) in [6.07, 6.45) is 0.585. The van der Waals surface area contributed by atoms with Crippen LogP contribution in [0.15, 0.2) is 36.4 Å². The van der Waals surface area contributed by atoms with Gasteiger partial charge in [0.15, 0.2) is 0 Å². The predicted octanol–water partition coefficient (Wildman–Crippen LogP) is 5.66. The summed E-state index contributed by atoms with van der Waals surface area (Å²) in [7, 11) is 0. The van der Waals surface area contributed by atoms with E-state index >= 15 is 0 Å². The molecule has 0 aliphatic rings. The monoisotopic (exact) mass is 314 g/mol. The van der Waals surface area contributed by atoms with Gasteiger partial charge in [-0.3, -0.25) is 0 Å². The summed E-state index contributed by atoms with van der Waals surface area (Å²) in [4.78, 5) is 0. The van der Waals surface area contributed by atoms with Gasteiger partial charge in [-0.05, 0) is 35.4 Å². The number of hydrogen-bond acceptors (Lipinski definition) is 0. The zero-order chi connectivity index (χ0) is 14.9. The van der Waals surface area contributed by atoms with Crippen molar-refractivity contribution in [3.63, 3.8) is 0 Å². The van der Waals surface area contributed by atoms with E-state index in [1.54, 1.807) is 6.07 Å². The van der Waals surface area contributed by atoms with Crippen LogP contribution in [0.5, 0.6) is 0 Å². The van der Waals surface area contributed by atoms with Gasteiger partial charge in [0.2, 0.25) is 0 Å². The Morgan fingerprint density at radius 3 is 2.05 bits per heavy atom. The standard InChI is InChI=1S/C15H7Cl2F3/c1-2-9-3-4-10(7-12(9)15(18,19)20)11-5-6-13(16)14(17)8-11/h1,3-8H. The third-order valence-corrected chi connectivity index (χ3v) is 3.47. The first-order valence-electron chi connectivity index (χ1n) is 5.46. The molecule has 0 amide bonds. The molecule has 0 atom stereocenters. The van der Waals surface area contributed by atoms with Gasteiger partial charge >= 0.3 is 6.18 Å². The van der Waals surface area contributed by atoms with Crippen LogP contribution in [-0.2, 0) is 6.18 Å². The maximum atomic E-state index is 12.9. The molecule has 0 fully saturated rings. The van der Waals surface area contributed by atoms with Crippen molar-refractivity contribution in [2.75, 3.05) is 0 Å². The Hall–Kier alpha value is -1.63. The average molecular weight is 315 g/mol. The molecule has 0 bridgehead atoms. The van der Waals surface area contributed by atoms with Crippen LogP contribution in [0.25, 0.3) is 11.1 Å². The summed E-state index contributed by atoms with van der Waals surface area (Å²) in [6, 6.07) is 8.43. The fraction of sp³-hybridized carbons (Fsp3) is 0.0667. The Bertz CT molecular complexity index is 697. The van der Waals surface area contributed by atoms with Gasteiger partial charge in [0.25, 0.3) is 0 Å². The molecule has 0 aliphatic heterocycles.